The van der Waals surface area contributed by atoms with Crippen molar-refractivity contribution in [1.29, 1.82) is 5.26 Å². The first kappa shape index (κ1) is 20.6. The maximum absolute atomic E-state index is 13.3. The number of carbonyl (C=O) groups excluding carboxylic acids is 3. The molecule has 2 aliphatic heterocycles. The van der Waals surface area contributed by atoms with E-state index < -0.39 is 18.0 Å². The molecule has 2 aliphatic rings. The predicted molar refractivity (Wildman–Crippen MR) is 111 cm³/mol. The molecule has 1 aromatic carbocycles. The first-order valence-corrected chi connectivity index (χ1v) is 10.4. The van der Waals surface area contributed by atoms with Crippen molar-refractivity contribution in [3.63, 3.8) is 0 Å². The number of nitrogens with zero attached hydrogens (tertiary/aromatic N) is 4. The summed E-state index contributed by atoms with van der Waals surface area (Å²) in [6.07, 6.45) is 5.00. The Kier molecular flexibility index (Phi) is 5.98. The molecule has 3 amide bonds. The Balaban J connectivity index is 1.42. The van der Waals surface area contributed by atoms with E-state index in [4.69, 9.17) is 0 Å². The summed E-state index contributed by atoms with van der Waals surface area (Å²) < 4.78 is 0. The van der Waals surface area contributed by atoms with E-state index in [-0.39, 0.29) is 37.1 Å². The van der Waals surface area contributed by atoms with E-state index in [2.05, 4.69) is 21.6 Å². The van der Waals surface area contributed by atoms with Gasteiger partial charge in [-0.25, -0.2) is 0 Å². The first-order valence-electron chi connectivity index (χ1n) is 10.4. The van der Waals surface area contributed by atoms with Crippen molar-refractivity contribution in [2.24, 2.45) is 5.92 Å². The van der Waals surface area contributed by atoms with Gasteiger partial charge in [-0.1, -0.05) is 18.2 Å². The minimum atomic E-state index is -0.676. The Morgan fingerprint density at radius 3 is 2.74 bits per heavy atom. The molecule has 0 saturated carbocycles. The van der Waals surface area contributed by atoms with Crippen LogP contribution in [0.3, 0.4) is 0 Å². The largest absolute Gasteiger partial charge is 0.330 e. The Labute approximate surface area is 180 Å². The number of hydrogen-bond acceptors (Lipinski definition) is 5. The summed E-state index contributed by atoms with van der Waals surface area (Å²) in [5.41, 5.74) is 1.44. The number of H-pyrrole nitrogens is 1. The zero-order valence-corrected chi connectivity index (χ0v) is 17.0. The molecule has 31 heavy (non-hydrogen) atoms. The molecule has 2 aromatic rings. The number of carbonyl (C=O) groups is 3. The molecule has 4 rings (SSSR count). The number of anilines is 1. The van der Waals surface area contributed by atoms with Crippen LogP contribution in [-0.2, 0) is 20.8 Å². The highest BCUT2D eigenvalue weighted by Gasteiger charge is 2.44. The third-order valence-electron chi connectivity index (χ3n) is 5.91. The lowest BCUT2D eigenvalue weighted by molar-refractivity contribution is -0.143. The second-order valence-corrected chi connectivity index (χ2v) is 7.95. The molecule has 2 N–H and O–H groups in total. The van der Waals surface area contributed by atoms with Gasteiger partial charge in [0.25, 0.3) is 0 Å². The monoisotopic (exact) mass is 420 g/mol. The lowest BCUT2D eigenvalue weighted by Crippen LogP contribution is -2.49. The van der Waals surface area contributed by atoms with Crippen LogP contribution in [0.1, 0.15) is 24.8 Å². The molecule has 3 unspecified atom stereocenters. The highest BCUT2D eigenvalue weighted by molar-refractivity contribution is 5.94. The van der Waals surface area contributed by atoms with Crippen molar-refractivity contribution >= 4 is 23.4 Å². The SMILES string of the molecule is N#CC1CC(C(=O)Nc2ccccc2)CN1C(=O)C1CCCN1C(=O)Cc1cn[nH]c1. The third-order valence-corrected chi connectivity index (χ3v) is 5.91. The lowest BCUT2D eigenvalue weighted by atomic mass is 10.1. The summed E-state index contributed by atoms with van der Waals surface area (Å²) in [6, 6.07) is 9.99. The summed E-state index contributed by atoms with van der Waals surface area (Å²) in [6.45, 7) is 0.687. The van der Waals surface area contributed by atoms with Crippen LogP contribution in [0.25, 0.3) is 0 Å². The molecule has 160 valence electrons. The van der Waals surface area contributed by atoms with Crippen LogP contribution < -0.4 is 5.32 Å². The molecular weight excluding hydrogens is 396 g/mol. The number of para-hydroxylation sites is 1. The molecule has 0 spiro atoms. The van der Waals surface area contributed by atoms with Crippen molar-refractivity contribution in [2.75, 3.05) is 18.4 Å². The summed E-state index contributed by atoms with van der Waals surface area (Å²) in [5.74, 6) is -1.06. The second-order valence-electron chi connectivity index (χ2n) is 7.95. The van der Waals surface area contributed by atoms with Crippen molar-refractivity contribution in [3.8, 4) is 6.07 Å². The number of aromatic nitrogens is 2. The standard InChI is InChI=1S/C22H24N6O3/c23-11-18-10-16(21(30)26-17-5-2-1-3-6-17)14-28(18)22(31)19-7-4-8-27(19)20(29)9-15-12-24-25-13-15/h1-3,5-6,12-13,16,18-19H,4,7-10,14H2,(H,24,25)(H,26,30). The molecule has 2 saturated heterocycles. The zero-order chi connectivity index (χ0) is 21.8. The molecule has 1 aromatic heterocycles. The van der Waals surface area contributed by atoms with Crippen molar-refractivity contribution in [1.82, 2.24) is 20.0 Å². The van der Waals surface area contributed by atoms with Gasteiger partial charge in [0, 0.05) is 25.0 Å². The molecule has 3 heterocycles. The van der Waals surface area contributed by atoms with Crippen LogP contribution >= 0.6 is 0 Å². The fraction of sp³-hybridized carbons (Fsp3) is 0.409. The quantitative estimate of drug-likeness (QED) is 0.755. The molecule has 0 bridgehead atoms. The summed E-state index contributed by atoms with van der Waals surface area (Å²) in [4.78, 5) is 41.8. The fourth-order valence-electron chi connectivity index (χ4n) is 4.32. The smallest absolute Gasteiger partial charge is 0.246 e. The summed E-state index contributed by atoms with van der Waals surface area (Å²) >= 11 is 0. The van der Waals surface area contributed by atoms with E-state index in [1.165, 1.54) is 4.90 Å². The maximum Gasteiger partial charge on any atom is 0.246 e. The Bertz CT molecular complexity index is 984. The fourth-order valence-corrected chi connectivity index (χ4v) is 4.32. The zero-order valence-electron chi connectivity index (χ0n) is 17.0. The van der Waals surface area contributed by atoms with Gasteiger partial charge in [0.2, 0.25) is 17.7 Å². The highest BCUT2D eigenvalue weighted by atomic mass is 16.2. The van der Waals surface area contributed by atoms with E-state index >= 15 is 0 Å². The summed E-state index contributed by atoms with van der Waals surface area (Å²) in [5, 5.41) is 19.0. The Morgan fingerprint density at radius 1 is 1.23 bits per heavy atom. The minimum absolute atomic E-state index is 0.136. The van der Waals surface area contributed by atoms with Crippen LogP contribution in [0.2, 0.25) is 0 Å². The van der Waals surface area contributed by atoms with Crippen LogP contribution in [-0.4, -0.2) is 62.9 Å². The van der Waals surface area contributed by atoms with E-state index in [1.807, 2.05) is 18.2 Å². The second kappa shape index (κ2) is 9.00. The van der Waals surface area contributed by atoms with Gasteiger partial charge in [0.1, 0.15) is 12.1 Å². The average molecular weight is 420 g/mol. The number of hydrogen-bond donors (Lipinski definition) is 2. The topological polar surface area (TPSA) is 122 Å². The first-order chi connectivity index (χ1) is 15.1. The molecule has 0 aliphatic carbocycles. The van der Waals surface area contributed by atoms with E-state index in [1.54, 1.807) is 29.4 Å². The van der Waals surface area contributed by atoms with Gasteiger partial charge < -0.3 is 15.1 Å². The molecule has 0 radical (unpaired) electrons. The molecule has 2 fully saturated rings. The van der Waals surface area contributed by atoms with E-state index in [0.29, 0.717) is 18.7 Å². The van der Waals surface area contributed by atoms with Crippen LogP contribution in [0.5, 0.6) is 0 Å². The maximum atomic E-state index is 13.3. The van der Waals surface area contributed by atoms with Crippen molar-refractivity contribution in [3.05, 3.63) is 48.3 Å². The molecule has 9 nitrogen and oxygen atoms in total. The van der Waals surface area contributed by atoms with E-state index in [9.17, 15) is 19.6 Å². The van der Waals surface area contributed by atoms with Crippen molar-refractivity contribution < 1.29 is 14.4 Å². The van der Waals surface area contributed by atoms with Gasteiger partial charge in [-0.05, 0) is 37.0 Å². The van der Waals surface area contributed by atoms with Crippen molar-refractivity contribution in [2.45, 2.75) is 37.8 Å². The normalized spacial score (nSPS) is 22.9. The number of nitrogens with one attached hydrogen (secondary N) is 2. The molecule has 9 heteroatoms. The lowest BCUT2D eigenvalue weighted by Gasteiger charge is -2.29. The van der Waals surface area contributed by atoms with Gasteiger partial charge in [0.15, 0.2) is 0 Å². The van der Waals surface area contributed by atoms with Gasteiger partial charge >= 0.3 is 0 Å². The van der Waals surface area contributed by atoms with Gasteiger partial charge in [-0.3, -0.25) is 19.5 Å². The van der Waals surface area contributed by atoms with Gasteiger partial charge in [-0.15, -0.1) is 0 Å². The van der Waals surface area contributed by atoms with E-state index in [0.717, 1.165) is 12.0 Å². The minimum Gasteiger partial charge on any atom is -0.330 e. The highest BCUT2D eigenvalue weighted by Crippen LogP contribution is 2.29. The number of nitriles is 1. The van der Waals surface area contributed by atoms with Gasteiger partial charge in [0.05, 0.1) is 24.6 Å². The number of amides is 3. The summed E-state index contributed by atoms with van der Waals surface area (Å²) in [7, 11) is 0. The number of likely N-dealkylation sites (tertiary alicyclic amines) is 2. The Morgan fingerprint density at radius 2 is 2.03 bits per heavy atom. The number of benzene rings is 1. The van der Waals surface area contributed by atoms with Crippen LogP contribution in [0.4, 0.5) is 5.69 Å². The number of rotatable bonds is 5. The molecular formula is C22H24N6O3. The van der Waals surface area contributed by atoms with Crippen LogP contribution in [0.15, 0.2) is 42.7 Å². The Hall–Kier alpha value is -3.67. The van der Waals surface area contributed by atoms with Gasteiger partial charge in [-0.2, -0.15) is 10.4 Å². The van der Waals surface area contributed by atoms with Crippen LogP contribution in [0, 0.1) is 17.2 Å². The third kappa shape index (κ3) is 4.43. The number of aromatic amines is 1. The molecule has 3 atom stereocenters. The predicted octanol–water partition coefficient (Wildman–Crippen LogP) is 1.32. The average Bonchev–Trinajstić information content (AvgIpc) is 3.53.